The van der Waals surface area contributed by atoms with Crippen LogP contribution in [-0.2, 0) is 6.42 Å². The van der Waals surface area contributed by atoms with Crippen molar-refractivity contribution in [2.24, 2.45) is 5.41 Å². The number of halogens is 2. The van der Waals surface area contributed by atoms with E-state index in [1.807, 2.05) is 18.2 Å². The van der Waals surface area contributed by atoms with Crippen molar-refractivity contribution >= 4 is 23.2 Å². The molecule has 1 fully saturated rings. The molecule has 1 aromatic carbocycles. The molecule has 0 unspecified atom stereocenters. The third-order valence-electron chi connectivity index (χ3n) is 3.46. The molecular weight excluding hydrogens is 253 g/mol. The van der Waals surface area contributed by atoms with Gasteiger partial charge in [0.15, 0.2) is 0 Å². The molecule has 1 aliphatic carbocycles. The quantitative estimate of drug-likeness (QED) is 0.842. The van der Waals surface area contributed by atoms with Gasteiger partial charge in [-0.1, -0.05) is 43.1 Å². The van der Waals surface area contributed by atoms with Gasteiger partial charge in [-0.15, -0.1) is 0 Å². The minimum atomic E-state index is 0.388. The summed E-state index contributed by atoms with van der Waals surface area (Å²) >= 11 is 12.4. The minimum absolute atomic E-state index is 0.388. The second-order valence-electron chi connectivity index (χ2n) is 5.41. The maximum Gasteiger partial charge on any atom is 0.0453 e. The smallest absolute Gasteiger partial charge is 0.0453 e. The van der Waals surface area contributed by atoms with Crippen LogP contribution in [0.4, 0.5) is 0 Å². The van der Waals surface area contributed by atoms with Crippen molar-refractivity contribution in [3.05, 3.63) is 33.8 Å². The van der Waals surface area contributed by atoms with Gasteiger partial charge >= 0.3 is 0 Å². The van der Waals surface area contributed by atoms with E-state index in [4.69, 9.17) is 23.2 Å². The lowest BCUT2D eigenvalue weighted by atomic mass is 9.96. The Morgan fingerprint density at radius 2 is 1.82 bits per heavy atom. The van der Waals surface area contributed by atoms with Gasteiger partial charge in [-0.2, -0.15) is 0 Å². The van der Waals surface area contributed by atoms with E-state index in [2.05, 4.69) is 19.2 Å². The van der Waals surface area contributed by atoms with Crippen molar-refractivity contribution in [2.75, 3.05) is 6.54 Å². The number of benzene rings is 1. The Bertz CT molecular complexity index is 377. The van der Waals surface area contributed by atoms with Gasteiger partial charge in [-0.25, -0.2) is 0 Å². The first kappa shape index (κ1) is 13.2. The standard InChI is InChI=1S/C14H19Cl2N/c1-10(2)17-9-14(6-7-14)8-11-12(15)4-3-5-13(11)16/h3-5,10,17H,6-9H2,1-2H3. The number of hydrogen-bond acceptors (Lipinski definition) is 1. The topological polar surface area (TPSA) is 12.0 Å². The first-order valence-electron chi connectivity index (χ1n) is 6.19. The van der Waals surface area contributed by atoms with Crippen molar-refractivity contribution in [3.8, 4) is 0 Å². The molecule has 17 heavy (non-hydrogen) atoms. The zero-order valence-electron chi connectivity index (χ0n) is 10.4. The number of hydrogen-bond donors (Lipinski definition) is 1. The van der Waals surface area contributed by atoms with Gasteiger partial charge in [0, 0.05) is 22.6 Å². The highest BCUT2D eigenvalue weighted by atomic mass is 35.5. The first-order chi connectivity index (χ1) is 8.02. The molecule has 0 amide bonds. The van der Waals surface area contributed by atoms with E-state index in [1.165, 1.54) is 12.8 Å². The van der Waals surface area contributed by atoms with Gasteiger partial charge < -0.3 is 5.32 Å². The molecule has 1 nitrogen and oxygen atoms in total. The molecule has 2 rings (SSSR count). The molecule has 1 N–H and O–H groups in total. The molecule has 1 saturated carbocycles. The summed E-state index contributed by atoms with van der Waals surface area (Å²) in [6, 6.07) is 6.29. The van der Waals surface area contributed by atoms with Gasteiger partial charge in [0.1, 0.15) is 0 Å². The maximum atomic E-state index is 6.22. The Hall–Kier alpha value is -0.240. The van der Waals surface area contributed by atoms with Crippen LogP contribution in [0.2, 0.25) is 10.0 Å². The Labute approximate surface area is 114 Å². The third-order valence-corrected chi connectivity index (χ3v) is 4.16. The van der Waals surface area contributed by atoms with Crippen molar-refractivity contribution in [1.82, 2.24) is 5.32 Å². The fraction of sp³-hybridized carbons (Fsp3) is 0.571. The Morgan fingerprint density at radius 3 is 2.29 bits per heavy atom. The average Bonchev–Trinajstić information content (AvgIpc) is 3.02. The molecule has 1 aliphatic rings. The highest BCUT2D eigenvalue weighted by molar-refractivity contribution is 6.36. The SMILES string of the molecule is CC(C)NCC1(Cc2c(Cl)cccc2Cl)CC1. The molecule has 3 heteroatoms. The van der Waals surface area contributed by atoms with Crippen LogP contribution in [0.1, 0.15) is 32.3 Å². The lowest BCUT2D eigenvalue weighted by molar-refractivity contribution is 0.429. The maximum absolute atomic E-state index is 6.22. The molecular formula is C14H19Cl2N. The molecule has 94 valence electrons. The van der Waals surface area contributed by atoms with E-state index in [1.54, 1.807) is 0 Å². The predicted molar refractivity (Wildman–Crippen MR) is 75.0 cm³/mol. The monoisotopic (exact) mass is 271 g/mol. The van der Waals surface area contributed by atoms with Crippen LogP contribution >= 0.6 is 23.2 Å². The molecule has 0 spiro atoms. The molecule has 0 atom stereocenters. The van der Waals surface area contributed by atoms with Gasteiger partial charge in [0.2, 0.25) is 0 Å². The predicted octanol–water partition coefficient (Wildman–Crippen LogP) is 4.31. The van der Waals surface area contributed by atoms with E-state index < -0.39 is 0 Å². The Kier molecular flexibility index (Phi) is 4.02. The molecule has 0 heterocycles. The zero-order chi connectivity index (χ0) is 12.5. The van der Waals surface area contributed by atoms with Crippen molar-refractivity contribution < 1.29 is 0 Å². The normalized spacial score (nSPS) is 17.5. The second kappa shape index (κ2) is 5.17. The van der Waals surface area contributed by atoms with E-state index in [9.17, 15) is 0 Å². The zero-order valence-corrected chi connectivity index (χ0v) is 11.9. The van der Waals surface area contributed by atoms with Crippen LogP contribution in [-0.4, -0.2) is 12.6 Å². The van der Waals surface area contributed by atoms with Crippen molar-refractivity contribution in [1.29, 1.82) is 0 Å². The van der Waals surface area contributed by atoms with Gasteiger partial charge in [0.05, 0.1) is 0 Å². The Balaban J connectivity index is 2.05. The van der Waals surface area contributed by atoms with Crippen LogP contribution in [0, 0.1) is 5.41 Å². The fourth-order valence-electron chi connectivity index (χ4n) is 2.09. The molecule has 0 aliphatic heterocycles. The number of rotatable bonds is 5. The van der Waals surface area contributed by atoms with Crippen LogP contribution in [0.3, 0.4) is 0 Å². The summed E-state index contributed by atoms with van der Waals surface area (Å²) in [7, 11) is 0. The minimum Gasteiger partial charge on any atom is -0.314 e. The molecule has 0 bridgehead atoms. The summed E-state index contributed by atoms with van der Waals surface area (Å²) in [5.41, 5.74) is 1.50. The van der Waals surface area contributed by atoms with Crippen LogP contribution in [0.15, 0.2) is 18.2 Å². The average molecular weight is 272 g/mol. The summed E-state index contributed by atoms with van der Waals surface area (Å²) in [6.45, 7) is 5.42. The molecule has 1 aromatic rings. The highest BCUT2D eigenvalue weighted by Crippen LogP contribution is 2.49. The molecule has 0 radical (unpaired) electrons. The second-order valence-corrected chi connectivity index (χ2v) is 6.23. The van der Waals surface area contributed by atoms with E-state index in [-0.39, 0.29) is 0 Å². The summed E-state index contributed by atoms with van der Waals surface area (Å²) in [4.78, 5) is 0. The van der Waals surface area contributed by atoms with Crippen LogP contribution in [0.5, 0.6) is 0 Å². The van der Waals surface area contributed by atoms with Crippen molar-refractivity contribution in [3.63, 3.8) is 0 Å². The van der Waals surface area contributed by atoms with E-state index >= 15 is 0 Å². The summed E-state index contributed by atoms with van der Waals surface area (Å²) in [5.74, 6) is 0. The number of nitrogens with one attached hydrogen (secondary N) is 1. The highest BCUT2D eigenvalue weighted by Gasteiger charge is 2.42. The summed E-state index contributed by atoms with van der Waals surface area (Å²) in [5, 5.41) is 5.12. The first-order valence-corrected chi connectivity index (χ1v) is 6.94. The largest absolute Gasteiger partial charge is 0.314 e. The molecule has 0 aromatic heterocycles. The lowest BCUT2D eigenvalue weighted by Gasteiger charge is -2.19. The van der Waals surface area contributed by atoms with Crippen LogP contribution < -0.4 is 5.32 Å². The summed E-state index contributed by atoms with van der Waals surface area (Å²) < 4.78 is 0. The van der Waals surface area contributed by atoms with Crippen molar-refractivity contribution in [2.45, 2.75) is 39.2 Å². The third kappa shape index (κ3) is 3.37. The van der Waals surface area contributed by atoms with Gasteiger partial charge in [-0.05, 0) is 42.4 Å². The van der Waals surface area contributed by atoms with Gasteiger partial charge in [-0.3, -0.25) is 0 Å². The molecule has 0 saturated heterocycles. The Morgan fingerprint density at radius 1 is 1.24 bits per heavy atom. The van der Waals surface area contributed by atoms with Crippen LogP contribution in [0.25, 0.3) is 0 Å². The van der Waals surface area contributed by atoms with E-state index in [0.29, 0.717) is 11.5 Å². The fourth-order valence-corrected chi connectivity index (χ4v) is 2.62. The van der Waals surface area contributed by atoms with Gasteiger partial charge in [0.25, 0.3) is 0 Å². The van der Waals surface area contributed by atoms with E-state index in [0.717, 1.165) is 28.6 Å². The lowest BCUT2D eigenvalue weighted by Crippen LogP contribution is -2.31. The summed E-state index contributed by atoms with van der Waals surface area (Å²) in [6.07, 6.45) is 3.54.